The molecule has 23 heavy (non-hydrogen) atoms. The molecule has 5 nitrogen and oxygen atoms in total. The third kappa shape index (κ3) is 2.83. The van der Waals surface area contributed by atoms with E-state index in [-0.39, 0.29) is 29.8 Å². The first-order valence-corrected chi connectivity index (χ1v) is 8.06. The van der Waals surface area contributed by atoms with Gasteiger partial charge in [-0.2, -0.15) is 0 Å². The van der Waals surface area contributed by atoms with Gasteiger partial charge in [-0.05, 0) is 44.0 Å². The maximum atomic E-state index is 12.2. The van der Waals surface area contributed by atoms with Gasteiger partial charge in [0, 0.05) is 17.5 Å². The van der Waals surface area contributed by atoms with Gasteiger partial charge in [0.1, 0.15) is 6.04 Å². The van der Waals surface area contributed by atoms with E-state index in [4.69, 9.17) is 9.47 Å². The van der Waals surface area contributed by atoms with E-state index < -0.39 is 0 Å². The monoisotopic (exact) mass is 315 g/mol. The maximum Gasteiger partial charge on any atom is 0.338 e. The van der Waals surface area contributed by atoms with E-state index in [9.17, 15) is 9.59 Å². The molecule has 122 valence electrons. The average Bonchev–Trinajstić information content (AvgIpc) is 3.04. The number of esters is 2. The number of nitrogens with one attached hydrogen (secondary N) is 1. The number of ether oxygens (including phenoxy) is 2. The zero-order valence-corrected chi connectivity index (χ0v) is 13.4. The molecule has 1 aromatic carbocycles. The minimum absolute atomic E-state index is 0.120. The van der Waals surface area contributed by atoms with Gasteiger partial charge in [-0.25, -0.2) is 9.59 Å². The predicted octanol–water partition coefficient (Wildman–Crippen LogP) is 2.88. The molecular weight excluding hydrogens is 294 g/mol. The molecule has 5 heteroatoms. The number of benzene rings is 1. The second kappa shape index (κ2) is 6.44. The van der Waals surface area contributed by atoms with Crippen molar-refractivity contribution < 1.29 is 19.1 Å². The first-order chi connectivity index (χ1) is 11.2. The van der Waals surface area contributed by atoms with Crippen LogP contribution in [-0.2, 0) is 14.3 Å². The summed E-state index contributed by atoms with van der Waals surface area (Å²) in [6.07, 6.45) is 5.03. The number of fused-ring (bicyclic) bond motifs is 3. The van der Waals surface area contributed by atoms with Gasteiger partial charge in [0.25, 0.3) is 0 Å². The SMILES string of the molecule is CCOC(=O)c1ccc2c(c1)[C@@H]1C=CC[C@H]1[C@H](C(=O)OCC)N2. The minimum Gasteiger partial charge on any atom is -0.464 e. The highest BCUT2D eigenvalue weighted by Crippen LogP contribution is 2.45. The predicted molar refractivity (Wildman–Crippen MR) is 86.4 cm³/mol. The Morgan fingerprint density at radius 3 is 2.74 bits per heavy atom. The van der Waals surface area contributed by atoms with Crippen LogP contribution in [0.2, 0.25) is 0 Å². The van der Waals surface area contributed by atoms with Crippen LogP contribution >= 0.6 is 0 Å². The summed E-state index contributed by atoms with van der Waals surface area (Å²) in [6.45, 7) is 4.32. The minimum atomic E-state index is -0.351. The van der Waals surface area contributed by atoms with Crippen molar-refractivity contribution in [2.45, 2.75) is 32.2 Å². The molecule has 0 unspecified atom stereocenters. The Morgan fingerprint density at radius 1 is 1.22 bits per heavy atom. The Balaban J connectivity index is 1.93. The molecule has 1 heterocycles. The van der Waals surface area contributed by atoms with Gasteiger partial charge >= 0.3 is 11.9 Å². The van der Waals surface area contributed by atoms with Gasteiger partial charge in [-0.3, -0.25) is 0 Å². The summed E-state index contributed by atoms with van der Waals surface area (Å²) in [7, 11) is 0. The Kier molecular flexibility index (Phi) is 4.37. The van der Waals surface area contributed by atoms with Crippen LogP contribution < -0.4 is 5.32 Å². The molecule has 0 saturated heterocycles. The smallest absolute Gasteiger partial charge is 0.338 e. The van der Waals surface area contributed by atoms with Crippen molar-refractivity contribution in [2.24, 2.45) is 5.92 Å². The lowest BCUT2D eigenvalue weighted by atomic mass is 9.79. The quantitative estimate of drug-likeness (QED) is 0.683. The lowest BCUT2D eigenvalue weighted by molar-refractivity contribution is -0.145. The van der Waals surface area contributed by atoms with Crippen LogP contribution in [-0.4, -0.2) is 31.2 Å². The summed E-state index contributed by atoms with van der Waals surface area (Å²) in [5.41, 5.74) is 2.46. The van der Waals surface area contributed by atoms with Crippen LogP contribution in [0.1, 0.15) is 42.1 Å². The van der Waals surface area contributed by atoms with Crippen LogP contribution in [0.15, 0.2) is 30.4 Å². The molecule has 2 aliphatic rings. The Morgan fingerprint density at radius 2 is 2.00 bits per heavy atom. The van der Waals surface area contributed by atoms with E-state index in [2.05, 4.69) is 17.5 Å². The molecule has 0 amide bonds. The van der Waals surface area contributed by atoms with Crippen LogP contribution in [0, 0.1) is 5.92 Å². The molecule has 0 spiro atoms. The zero-order chi connectivity index (χ0) is 16.4. The zero-order valence-electron chi connectivity index (χ0n) is 13.4. The summed E-state index contributed by atoms with van der Waals surface area (Å²) < 4.78 is 10.3. The first kappa shape index (κ1) is 15.6. The summed E-state index contributed by atoms with van der Waals surface area (Å²) in [6, 6.07) is 5.09. The number of rotatable bonds is 4. The van der Waals surface area contributed by atoms with Crippen LogP contribution in [0.3, 0.4) is 0 Å². The molecule has 0 fully saturated rings. The van der Waals surface area contributed by atoms with Crippen molar-refractivity contribution in [3.05, 3.63) is 41.5 Å². The maximum absolute atomic E-state index is 12.2. The summed E-state index contributed by atoms with van der Waals surface area (Å²) in [5, 5.41) is 3.28. The van der Waals surface area contributed by atoms with Crippen LogP contribution in [0.4, 0.5) is 5.69 Å². The molecule has 0 saturated carbocycles. The number of allylic oxidation sites excluding steroid dienone is 2. The van der Waals surface area contributed by atoms with Crippen molar-refractivity contribution in [2.75, 3.05) is 18.5 Å². The fraction of sp³-hybridized carbons (Fsp3) is 0.444. The Bertz CT molecular complexity index is 652. The van der Waals surface area contributed by atoms with Gasteiger partial charge in [0.15, 0.2) is 0 Å². The Hall–Kier alpha value is -2.30. The third-order valence-corrected chi connectivity index (χ3v) is 4.41. The lowest BCUT2D eigenvalue weighted by Crippen LogP contribution is -2.43. The van der Waals surface area contributed by atoms with Crippen molar-refractivity contribution in [3.8, 4) is 0 Å². The van der Waals surface area contributed by atoms with Crippen molar-refractivity contribution in [1.82, 2.24) is 0 Å². The molecule has 1 N–H and O–H groups in total. The van der Waals surface area contributed by atoms with E-state index in [0.717, 1.165) is 17.7 Å². The molecule has 0 aromatic heterocycles. The molecule has 1 aliphatic carbocycles. The molecule has 1 aromatic rings. The Labute approximate surface area is 135 Å². The lowest BCUT2D eigenvalue weighted by Gasteiger charge is -2.35. The molecular formula is C18H21NO4. The van der Waals surface area contributed by atoms with Gasteiger partial charge in [-0.1, -0.05) is 12.2 Å². The van der Waals surface area contributed by atoms with Crippen molar-refractivity contribution in [1.29, 1.82) is 0 Å². The van der Waals surface area contributed by atoms with Crippen LogP contribution in [0.5, 0.6) is 0 Å². The van der Waals surface area contributed by atoms with E-state index >= 15 is 0 Å². The summed E-state index contributed by atoms with van der Waals surface area (Å²) in [5.74, 6) is -0.290. The molecule has 1 aliphatic heterocycles. The average molecular weight is 315 g/mol. The van der Waals surface area contributed by atoms with Gasteiger partial charge in [0.2, 0.25) is 0 Å². The standard InChI is InChI=1S/C18H21NO4/c1-3-22-17(20)11-8-9-15-14(10-11)12-6-5-7-13(12)16(19-15)18(21)23-4-2/h5-6,8-10,12-13,16,19H,3-4,7H2,1-2H3/t12-,13-,16-/m1/s1. The number of carbonyl (C=O) groups excluding carboxylic acids is 2. The number of anilines is 1. The van der Waals surface area contributed by atoms with Crippen molar-refractivity contribution in [3.63, 3.8) is 0 Å². The van der Waals surface area contributed by atoms with E-state index in [0.29, 0.717) is 18.8 Å². The molecule has 0 radical (unpaired) electrons. The second-order valence-corrected chi connectivity index (χ2v) is 5.75. The normalized spacial score (nSPS) is 24.3. The van der Waals surface area contributed by atoms with E-state index in [1.165, 1.54) is 0 Å². The van der Waals surface area contributed by atoms with Gasteiger partial charge in [0.05, 0.1) is 18.8 Å². The fourth-order valence-corrected chi connectivity index (χ4v) is 3.40. The molecule has 0 bridgehead atoms. The molecule has 3 rings (SSSR count). The highest BCUT2D eigenvalue weighted by molar-refractivity contribution is 5.91. The summed E-state index contributed by atoms with van der Waals surface area (Å²) in [4.78, 5) is 24.2. The second-order valence-electron chi connectivity index (χ2n) is 5.75. The molecule has 3 atom stereocenters. The van der Waals surface area contributed by atoms with E-state index in [1.54, 1.807) is 13.0 Å². The number of carbonyl (C=O) groups is 2. The summed E-state index contributed by atoms with van der Waals surface area (Å²) >= 11 is 0. The van der Waals surface area contributed by atoms with Crippen molar-refractivity contribution >= 4 is 17.6 Å². The highest BCUT2D eigenvalue weighted by atomic mass is 16.5. The fourth-order valence-electron chi connectivity index (χ4n) is 3.40. The third-order valence-electron chi connectivity index (χ3n) is 4.41. The van der Waals surface area contributed by atoms with Crippen LogP contribution in [0.25, 0.3) is 0 Å². The first-order valence-electron chi connectivity index (χ1n) is 8.06. The largest absolute Gasteiger partial charge is 0.464 e. The van der Waals surface area contributed by atoms with Gasteiger partial charge < -0.3 is 14.8 Å². The van der Waals surface area contributed by atoms with E-state index in [1.807, 2.05) is 19.1 Å². The highest BCUT2D eigenvalue weighted by Gasteiger charge is 2.41. The number of hydrogen-bond acceptors (Lipinski definition) is 5. The number of hydrogen-bond donors (Lipinski definition) is 1. The van der Waals surface area contributed by atoms with Gasteiger partial charge in [-0.15, -0.1) is 0 Å². The topological polar surface area (TPSA) is 64.6 Å².